The number of hydrogen-bond acceptors (Lipinski definition) is 9. The fraction of sp³-hybridized carbons (Fsp3) is 0.255. The van der Waals surface area contributed by atoms with Crippen molar-refractivity contribution in [1.82, 2.24) is 9.97 Å². The van der Waals surface area contributed by atoms with Gasteiger partial charge in [-0.25, -0.2) is 0 Å². The average Bonchev–Trinajstić information content (AvgIpc) is 4.00. The topological polar surface area (TPSA) is 128 Å². The molecule has 340 valence electrons. The maximum atomic E-state index is 17.1. The number of aromatic amines is 2. The number of hydrogen-bond donors (Lipinski definition) is 4. The van der Waals surface area contributed by atoms with E-state index >= 15 is 4.79 Å². The van der Waals surface area contributed by atoms with Crippen molar-refractivity contribution in [3.8, 4) is 34.5 Å². The molecule has 0 amide bonds. The second-order valence-electron chi connectivity index (χ2n) is 16.1. The fourth-order valence-corrected chi connectivity index (χ4v) is 9.50. The van der Waals surface area contributed by atoms with Crippen LogP contribution < -0.4 is 39.1 Å². The van der Waals surface area contributed by atoms with Crippen LogP contribution in [-0.2, 0) is 17.6 Å². The molecule has 8 rings (SSSR count). The summed E-state index contributed by atoms with van der Waals surface area (Å²) in [5, 5.41) is 9.66. The fourth-order valence-electron chi connectivity index (χ4n) is 9.50. The molecule has 8 aromatic rings. The molecule has 0 aliphatic heterocycles. The van der Waals surface area contributed by atoms with Crippen molar-refractivity contribution in [2.45, 2.75) is 50.6 Å². The number of Topliss-reactive ketones (excluding diaryl/α,β-unsaturated/α-hetero) is 1. The van der Waals surface area contributed by atoms with Gasteiger partial charge in [0.1, 0.15) is 0 Å². The van der Waals surface area contributed by atoms with Gasteiger partial charge in [-0.1, -0.05) is 111 Å². The number of carbonyl (C=O) groups excluding carboxylic acids is 1. The number of aromatic nitrogens is 2. The smallest absolute Gasteiger partial charge is 0.203 e. The quantitative estimate of drug-likeness (QED) is 0.0591. The van der Waals surface area contributed by atoms with Gasteiger partial charge in [0.15, 0.2) is 28.8 Å². The van der Waals surface area contributed by atoms with Crippen LogP contribution in [0.2, 0.25) is 0 Å². The number of aryl methyl sites for hydroxylation is 2. The third-order valence-electron chi connectivity index (χ3n) is 12.7. The highest BCUT2D eigenvalue weighted by Gasteiger charge is 2.43. The molecule has 0 bridgehead atoms. The van der Waals surface area contributed by atoms with E-state index in [0.717, 1.165) is 68.0 Å². The summed E-state index contributed by atoms with van der Waals surface area (Å²) in [7, 11) is 9.56. The summed E-state index contributed by atoms with van der Waals surface area (Å²) in [6, 6.07) is 39.2. The van der Waals surface area contributed by atoms with Crippen LogP contribution in [0.15, 0.2) is 134 Å². The van der Waals surface area contributed by atoms with Crippen molar-refractivity contribution in [3.63, 3.8) is 0 Å². The first-order chi connectivity index (χ1) is 32.3. The number of H-pyrrole nitrogens is 2. The van der Waals surface area contributed by atoms with Gasteiger partial charge in [-0.3, -0.25) is 4.79 Å². The normalized spacial score (nSPS) is 13.1. The number of fused-ring (bicyclic) bond motifs is 2. The van der Waals surface area contributed by atoms with E-state index in [4.69, 9.17) is 28.4 Å². The molecule has 11 nitrogen and oxygen atoms in total. The molecular weight excluding hydrogens is 829 g/mol. The number of para-hydroxylation sites is 2. The third kappa shape index (κ3) is 8.56. The number of ether oxygens (including phenoxy) is 6. The third-order valence-corrected chi connectivity index (χ3v) is 12.7. The lowest BCUT2D eigenvalue weighted by Crippen LogP contribution is -2.34. The molecule has 0 aliphatic rings. The number of benzene rings is 6. The minimum atomic E-state index is -0.801. The molecular formula is C55H58N4O7. The van der Waals surface area contributed by atoms with Crippen molar-refractivity contribution in [3.05, 3.63) is 167 Å². The lowest BCUT2D eigenvalue weighted by molar-refractivity contribution is -0.122. The van der Waals surface area contributed by atoms with Gasteiger partial charge in [0.05, 0.1) is 66.6 Å². The van der Waals surface area contributed by atoms with Crippen molar-refractivity contribution >= 4 is 39.0 Å². The maximum absolute atomic E-state index is 17.1. The molecule has 66 heavy (non-hydrogen) atoms. The number of anilines is 2. The lowest BCUT2D eigenvalue weighted by atomic mass is 9.73. The van der Waals surface area contributed by atoms with E-state index in [1.165, 1.54) is 0 Å². The predicted octanol–water partition coefficient (Wildman–Crippen LogP) is 12.0. The summed E-state index contributed by atoms with van der Waals surface area (Å²) in [6.07, 6.45) is 5.66. The minimum Gasteiger partial charge on any atom is -0.493 e. The van der Waals surface area contributed by atoms with Gasteiger partial charge in [0, 0.05) is 69.8 Å². The SMILES string of the molecule is CCc1cccc2c(C(C(=O)C(c3c[nH]c4c(CC)cccc34)C(Nc3cc(OC)c(OC)c(OC)c3)c3ccccc3)C(Nc3cc(OC)c(OC)c(OC)c3)c3ccccc3)c[nH]c12. The van der Waals surface area contributed by atoms with Gasteiger partial charge in [-0.05, 0) is 46.2 Å². The Labute approximate surface area is 386 Å². The van der Waals surface area contributed by atoms with E-state index in [0.29, 0.717) is 45.9 Å². The molecule has 0 fully saturated rings. The summed E-state index contributed by atoms with van der Waals surface area (Å²) in [5.74, 6) is 1.23. The number of nitrogens with one attached hydrogen (secondary N) is 4. The highest BCUT2D eigenvalue weighted by Crippen LogP contribution is 2.49. The van der Waals surface area contributed by atoms with Gasteiger partial charge < -0.3 is 49.0 Å². The standard InChI is InChI=1S/C55H58N4O7/c1-9-33-23-17-25-39-41(31-56-49(33)39)47(51(35-19-13-11-14-20-35)58-37-27-43(61-3)54(65-7)44(28-37)62-4)53(60)48(42-32-57-50-34(10-2)24-18-26-40(42)50)52(36-21-15-12-16-22-36)59-38-29-45(63-5)55(66-8)46(30-38)64-6/h11-32,47-48,51-52,56-59H,9-10H2,1-8H3. The Bertz CT molecular complexity index is 2680. The molecule has 0 radical (unpaired) electrons. The van der Waals surface area contributed by atoms with Crippen LogP contribution in [0.5, 0.6) is 34.5 Å². The predicted molar refractivity (Wildman–Crippen MR) is 264 cm³/mol. The Morgan fingerprint density at radius 2 is 0.848 bits per heavy atom. The lowest BCUT2D eigenvalue weighted by Gasteiger charge is -2.35. The molecule has 6 aromatic carbocycles. The average molecular weight is 887 g/mol. The molecule has 4 N–H and O–H groups in total. The van der Waals surface area contributed by atoms with Crippen molar-refractivity contribution in [1.29, 1.82) is 0 Å². The van der Waals surface area contributed by atoms with Crippen LogP contribution in [0.4, 0.5) is 11.4 Å². The summed E-state index contributed by atoms with van der Waals surface area (Å²) < 4.78 is 34.9. The summed E-state index contributed by atoms with van der Waals surface area (Å²) in [5.41, 5.74) is 9.20. The molecule has 4 atom stereocenters. The number of ketones is 1. The first kappa shape index (κ1) is 45.1. The molecule has 0 aliphatic carbocycles. The largest absolute Gasteiger partial charge is 0.493 e. The Balaban J connectivity index is 1.43. The highest BCUT2D eigenvalue weighted by molar-refractivity contribution is 6.02. The van der Waals surface area contributed by atoms with Crippen LogP contribution in [0, 0.1) is 0 Å². The highest BCUT2D eigenvalue weighted by atomic mass is 16.5. The maximum Gasteiger partial charge on any atom is 0.203 e. The van der Waals surface area contributed by atoms with E-state index in [1.54, 1.807) is 42.7 Å². The van der Waals surface area contributed by atoms with Crippen LogP contribution in [-0.4, -0.2) is 58.4 Å². The van der Waals surface area contributed by atoms with E-state index in [1.807, 2.05) is 73.1 Å². The van der Waals surface area contributed by atoms with E-state index in [9.17, 15) is 0 Å². The van der Waals surface area contributed by atoms with Crippen molar-refractivity contribution in [2.24, 2.45) is 0 Å². The zero-order valence-corrected chi connectivity index (χ0v) is 38.8. The first-order valence-corrected chi connectivity index (χ1v) is 22.2. The summed E-state index contributed by atoms with van der Waals surface area (Å²) >= 11 is 0. The number of carbonyl (C=O) groups is 1. The van der Waals surface area contributed by atoms with Crippen molar-refractivity contribution < 1.29 is 33.2 Å². The second kappa shape index (κ2) is 20.1. The van der Waals surface area contributed by atoms with Crippen LogP contribution >= 0.6 is 0 Å². The second-order valence-corrected chi connectivity index (χ2v) is 16.1. The first-order valence-electron chi connectivity index (χ1n) is 22.2. The molecule has 2 heterocycles. The Morgan fingerprint density at radius 3 is 1.17 bits per heavy atom. The molecule has 0 spiro atoms. The molecule has 0 saturated heterocycles. The zero-order chi connectivity index (χ0) is 46.3. The van der Waals surface area contributed by atoms with Crippen LogP contribution in [0.25, 0.3) is 21.8 Å². The van der Waals surface area contributed by atoms with E-state index in [2.05, 4.69) is 95.1 Å². The van der Waals surface area contributed by atoms with Gasteiger partial charge in [-0.15, -0.1) is 0 Å². The van der Waals surface area contributed by atoms with Crippen LogP contribution in [0.3, 0.4) is 0 Å². The van der Waals surface area contributed by atoms with Gasteiger partial charge in [0.2, 0.25) is 11.5 Å². The van der Waals surface area contributed by atoms with Crippen molar-refractivity contribution in [2.75, 3.05) is 53.3 Å². The molecule has 2 aromatic heterocycles. The van der Waals surface area contributed by atoms with Gasteiger partial charge in [-0.2, -0.15) is 0 Å². The van der Waals surface area contributed by atoms with Gasteiger partial charge >= 0.3 is 0 Å². The Morgan fingerprint density at radius 1 is 0.485 bits per heavy atom. The molecule has 11 heteroatoms. The summed E-state index contributed by atoms with van der Waals surface area (Å²) in [6.45, 7) is 4.29. The monoisotopic (exact) mass is 886 g/mol. The number of rotatable bonds is 20. The molecule has 0 saturated carbocycles. The Kier molecular flexibility index (Phi) is 13.7. The van der Waals surface area contributed by atoms with E-state index < -0.39 is 23.9 Å². The zero-order valence-electron chi connectivity index (χ0n) is 38.8. The van der Waals surface area contributed by atoms with Gasteiger partial charge in [0.25, 0.3) is 0 Å². The van der Waals surface area contributed by atoms with Crippen LogP contribution in [0.1, 0.15) is 71.1 Å². The van der Waals surface area contributed by atoms with E-state index in [-0.39, 0.29) is 5.78 Å². The molecule has 4 unspecified atom stereocenters. The summed E-state index contributed by atoms with van der Waals surface area (Å²) in [4.78, 5) is 24.3. The number of methoxy groups -OCH3 is 6. The Hall–Kier alpha value is -7.53. The minimum absolute atomic E-state index is 0.0248.